The number of halogens is 2. The molecule has 3 rings (SSSR count). The largest absolute Gasteiger partial charge is 0.489 e. The Morgan fingerprint density at radius 2 is 1.87 bits per heavy atom. The highest BCUT2D eigenvalue weighted by atomic mass is 35.5. The predicted octanol–water partition coefficient (Wildman–Crippen LogP) is 5.44. The molecule has 2 aromatic rings. The molecule has 5 heteroatoms. The number of allylic oxidation sites excluding steroid dienone is 2. The predicted molar refractivity (Wildman–Crippen MR) is 90.6 cm³/mol. The minimum atomic E-state index is -0.0870. The van der Waals surface area contributed by atoms with E-state index < -0.39 is 0 Å². The molecule has 118 valence electrons. The Bertz CT molecular complexity index is 821. The summed E-state index contributed by atoms with van der Waals surface area (Å²) in [7, 11) is 0. The van der Waals surface area contributed by atoms with Crippen molar-refractivity contribution in [3.8, 4) is 11.5 Å². The molecule has 0 amide bonds. The van der Waals surface area contributed by atoms with Crippen LogP contribution in [-0.4, -0.2) is 5.78 Å². The summed E-state index contributed by atoms with van der Waals surface area (Å²) in [6.07, 6.45) is 0. The van der Waals surface area contributed by atoms with Gasteiger partial charge < -0.3 is 9.47 Å². The van der Waals surface area contributed by atoms with E-state index in [1.54, 1.807) is 30.3 Å². The second kappa shape index (κ2) is 6.26. The van der Waals surface area contributed by atoms with Gasteiger partial charge in [-0.05, 0) is 49.2 Å². The van der Waals surface area contributed by atoms with E-state index in [0.717, 1.165) is 11.1 Å². The summed E-state index contributed by atoms with van der Waals surface area (Å²) < 4.78 is 11.4. The molecule has 1 aliphatic heterocycles. The molecule has 0 saturated carbocycles. The zero-order valence-corrected chi connectivity index (χ0v) is 14.2. The zero-order chi connectivity index (χ0) is 16.6. The molecule has 2 aromatic carbocycles. The molecule has 0 atom stereocenters. The number of hydrogen-bond donors (Lipinski definition) is 0. The lowest BCUT2D eigenvalue weighted by Gasteiger charge is -2.08. The van der Waals surface area contributed by atoms with Gasteiger partial charge in [0, 0.05) is 6.07 Å². The maximum Gasteiger partial charge on any atom is 0.231 e. The first-order valence-electron chi connectivity index (χ1n) is 7.06. The van der Waals surface area contributed by atoms with Gasteiger partial charge in [0.05, 0.1) is 15.6 Å². The van der Waals surface area contributed by atoms with Crippen molar-refractivity contribution in [3.63, 3.8) is 0 Å². The molecule has 23 heavy (non-hydrogen) atoms. The van der Waals surface area contributed by atoms with E-state index in [1.165, 1.54) is 0 Å². The van der Waals surface area contributed by atoms with Gasteiger partial charge in [0.1, 0.15) is 18.1 Å². The summed E-state index contributed by atoms with van der Waals surface area (Å²) in [5, 5.41) is 0.998. The summed E-state index contributed by atoms with van der Waals surface area (Å²) in [5.74, 6) is 1.45. The number of ketones is 1. The van der Waals surface area contributed by atoms with Gasteiger partial charge >= 0.3 is 0 Å². The fourth-order valence-corrected chi connectivity index (χ4v) is 2.59. The number of ether oxygens (including phenoxy) is 2. The van der Waals surface area contributed by atoms with Crippen molar-refractivity contribution in [1.29, 1.82) is 0 Å². The van der Waals surface area contributed by atoms with Gasteiger partial charge in [-0.1, -0.05) is 29.3 Å². The Balaban J connectivity index is 1.77. The molecule has 0 N–H and O–H groups in total. The highest BCUT2D eigenvalue weighted by Gasteiger charge is 2.28. The highest BCUT2D eigenvalue weighted by Crippen LogP contribution is 2.35. The molecule has 0 fully saturated rings. The first-order chi connectivity index (χ1) is 11.0. The Morgan fingerprint density at radius 1 is 1.09 bits per heavy atom. The maximum atomic E-state index is 12.1. The van der Waals surface area contributed by atoms with Crippen LogP contribution in [0.25, 0.3) is 0 Å². The smallest absolute Gasteiger partial charge is 0.231 e. The van der Waals surface area contributed by atoms with Crippen LogP contribution in [0.3, 0.4) is 0 Å². The fourth-order valence-electron chi connectivity index (χ4n) is 2.27. The molecule has 1 aliphatic rings. The van der Waals surface area contributed by atoms with Gasteiger partial charge in [0.2, 0.25) is 5.78 Å². The molecule has 1 heterocycles. The van der Waals surface area contributed by atoms with Crippen LogP contribution in [0, 0.1) is 0 Å². The van der Waals surface area contributed by atoms with E-state index in [4.69, 9.17) is 32.7 Å². The van der Waals surface area contributed by atoms with Crippen LogP contribution in [0.4, 0.5) is 0 Å². The molecule has 0 aromatic heterocycles. The quantitative estimate of drug-likeness (QED) is 0.692. The standard InChI is InChI=1S/C18H14Cl2O3/c1-10(2)18-17(21)13-5-4-12(8-16(13)23-18)22-9-11-3-6-14(19)15(20)7-11/h3-8H,9H2,1-2H3. The number of fused-ring (bicyclic) bond motifs is 1. The molecular formula is C18H14Cl2O3. The third-order valence-corrected chi connectivity index (χ3v) is 4.20. The molecule has 0 radical (unpaired) electrons. The Kier molecular flexibility index (Phi) is 4.33. The van der Waals surface area contributed by atoms with E-state index in [9.17, 15) is 4.79 Å². The van der Waals surface area contributed by atoms with Crippen LogP contribution in [0.1, 0.15) is 29.8 Å². The SMILES string of the molecule is CC(C)=C1Oc2cc(OCc3ccc(Cl)c(Cl)c3)ccc2C1=O. The van der Waals surface area contributed by atoms with E-state index in [1.807, 2.05) is 19.9 Å². The first-order valence-corrected chi connectivity index (χ1v) is 7.82. The van der Waals surface area contributed by atoms with Crippen LogP contribution in [0.2, 0.25) is 10.0 Å². The summed E-state index contributed by atoms with van der Waals surface area (Å²) >= 11 is 11.9. The van der Waals surface area contributed by atoms with E-state index in [0.29, 0.717) is 39.5 Å². The van der Waals surface area contributed by atoms with Crippen LogP contribution in [0.5, 0.6) is 11.5 Å². The lowest BCUT2D eigenvalue weighted by Crippen LogP contribution is -2.00. The molecule has 0 saturated heterocycles. The van der Waals surface area contributed by atoms with Gasteiger partial charge in [-0.15, -0.1) is 0 Å². The summed E-state index contributed by atoms with van der Waals surface area (Å²) in [4.78, 5) is 12.1. The Labute approximate surface area is 144 Å². The van der Waals surface area contributed by atoms with Gasteiger partial charge in [-0.3, -0.25) is 4.79 Å². The van der Waals surface area contributed by atoms with E-state index >= 15 is 0 Å². The zero-order valence-electron chi connectivity index (χ0n) is 12.7. The van der Waals surface area contributed by atoms with Crippen molar-refractivity contribution < 1.29 is 14.3 Å². The molecule has 0 bridgehead atoms. The average molecular weight is 349 g/mol. The van der Waals surface area contributed by atoms with Crippen molar-refractivity contribution in [2.45, 2.75) is 20.5 Å². The van der Waals surface area contributed by atoms with Crippen LogP contribution >= 0.6 is 23.2 Å². The van der Waals surface area contributed by atoms with Gasteiger partial charge in [-0.25, -0.2) is 0 Å². The van der Waals surface area contributed by atoms with Crippen molar-refractivity contribution in [1.82, 2.24) is 0 Å². The normalized spacial score (nSPS) is 12.9. The highest BCUT2D eigenvalue weighted by molar-refractivity contribution is 6.42. The lowest BCUT2D eigenvalue weighted by molar-refractivity contribution is 0.101. The third kappa shape index (κ3) is 3.21. The average Bonchev–Trinajstić information content (AvgIpc) is 2.85. The number of carbonyl (C=O) groups is 1. The van der Waals surface area contributed by atoms with Gasteiger partial charge in [0.25, 0.3) is 0 Å². The van der Waals surface area contributed by atoms with Crippen LogP contribution in [-0.2, 0) is 6.61 Å². The van der Waals surface area contributed by atoms with E-state index in [-0.39, 0.29) is 5.78 Å². The number of benzene rings is 2. The summed E-state index contributed by atoms with van der Waals surface area (Å²) in [5.41, 5.74) is 2.31. The molecular weight excluding hydrogens is 335 g/mol. The molecule has 3 nitrogen and oxygen atoms in total. The second-order valence-corrected chi connectivity index (χ2v) is 6.27. The van der Waals surface area contributed by atoms with Crippen molar-refractivity contribution in [2.75, 3.05) is 0 Å². The monoisotopic (exact) mass is 348 g/mol. The van der Waals surface area contributed by atoms with Crippen molar-refractivity contribution >= 4 is 29.0 Å². The van der Waals surface area contributed by atoms with Crippen molar-refractivity contribution in [2.24, 2.45) is 0 Å². The summed E-state index contributed by atoms with van der Waals surface area (Å²) in [6.45, 7) is 4.04. The molecule has 0 spiro atoms. The number of Topliss-reactive ketones (excluding diaryl/α,β-unsaturated/α-hetero) is 1. The Morgan fingerprint density at radius 3 is 2.57 bits per heavy atom. The van der Waals surface area contributed by atoms with Gasteiger partial charge in [0.15, 0.2) is 5.76 Å². The summed E-state index contributed by atoms with van der Waals surface area (Å²) in [6, 6.07) is 10.5. The lowest BCUT2D eigenvalue weighted by atomic mass is 10.1. The number of rotatable bonds is 3. The van der Waals surface area contributed by atoms with Gasteiger partial charge in [-0.2, -0.15) is 0 Å². The van der Waals surface area contributed by atoms with Crippen LogP contribution in [0.15, 0.2) is 47.7 Å². The minimum Gasteiger partial charge on any atom is -0.489 e. The maximum absolute atomic E-state index is 12.1. The van der Waals surface area contributed by atoms with E-state index in [2.05, 4.69) is 0 Å². The third-order valence-electron chi connectivity index (χ3n) is 3.46. The molecule has 0 aliphatic carbocycles. The minimum absolute atomic E-state index is 0.0870. The molecule has 0 unspecified atom stereocenters. The number of hydrogen-bond acceptors (Lipinski definition) is 3. The van der Waals surface area contributed by atoms with Crippen molar-refractivity contribution in [3.05, 3.63) is 68.9 Å². The number of carbonyl (C=O) groups excluding carboxylic acids is 1. The first kappa shape index (κ1) is 15.9. The topological polar surface area (TPSA) is 35.5 Å². The second-order valence-electron chi connectivity index (χ2n) is 5.46. The Hall–Kier alpha value is -1.97. The fraction of sp³-hybridized carbons (Fsp3) is 0.167. The van der Waals surface area contributed by atoms with Crippen LogP contribution < -0.4 is 9.47 Å².